The van der Waals surface area contributed by atoms with Gasteiger partial charge in [-0.2, -0.15) is 0 Å². The third-order valence-corrected chi connectivity index (χ3v) is 5.48. The lowest BCUT2D eigenvalue weighted by atomic mass is 10.1. The maximum Gasteiger partial charge on any atom is 0.253 e. The van der Waals surface area contributed by atoms with Crippen molar-refractivity contribution in [2.24, 2.45) is 0 Å². The lowest BCUT2D eigenvalue weighted by molar-refractivity contribution is 0.0784. The normalized spacial score (nSPS) is 10.9. The zero-order chi connectivity index (χ0) is 20.7. The summed E-state index contributed by atoms with van der Waals surface area (Å²) in [5, 5.41) is 2.55. The topological polar surface area (TPSA) is 95.6 Å². The minimum atomic E-state index is -3.63. The SMILES string of the molecule is C=CCNS(=O)(=O)c1ccc(C(=O)N(C)Cc2ccc(C(=O)NC)cc2)cc1. The molecule has 148 valence electrons. The molecule has 7 nitrogen and oxygen atoms in total. The average molecular weight is 401 g/mol. The van der Waals surface area contributed by atoms with E-state index < -0.39 is 10.0 Å². The molecular weight excluding hydrogens is 378 g/mol. The van der Waals surface area contributed by atoms with Crippen LogP contribution in [0.25, 0.3) is 0 Å². The van der Waals surface area contributed by atoms with Crippen LogP contribution in [0, 0.1) is 0 Å². The standard InChI is InChI=1S/C20H23N3O4S/c1-4-13-22-28(26,27)18-11-9-17(10-12-18)20(25)23(3)14-15-5-7-16(8-6-15)19(24)21-2/h4-12,22H,1,13-14H2,2-3H3,(H,21,24). The molecule has 2 amide bonds. The fraction of sp³-hybridized carbons (Fsp3) is 0.200. The zero-order valence-corrected chi connectivity index (χ0v) is 16.6. The molecule has 0 spiro atoms. The Morgan fingerprint density at radius 1 is 1.04 bits per heavy atom. The first-order valence-electron chi connectivity index (χ1n) is 8.55. The van der Waals surface area contributed by atoms with Gasteiger partial charge in [0.1, 0.15) is 0 Å². The number of benzene rings is 2. The van der Waals surface area contributed by atoms with Crippen molar-refractivity contribution in [3.05, 3.63) is 77.9 Å². The maximum atomic E-state index is 12.6. The second-order valence-electron chi connectivity index (χ2n) is 6.10. The molecule has 2 aromatic carbocycles. The second-order valence-corrected chi connectivity index (χ2v) is 7.87. The summed E-state index contributed by atoms with van der Waals surface area (Å²) in [5.41, 5.74) is 1.80. The van der Waals surface area contributed by atoms with Crippen LogP contribution in [0.4, 0.5) is 0 Å². The minimum absolute atomic E-state index is 0.0818. The summed E-state index contributed by atoms with van der Waals surface area (Å²) >= 11 is 0. The van der Waals surface area contributed by atoms with E-state index in [-0.39, 0.29) is 23.3 Å². The van der Waals surface area contributed by atoms with Gasteiger partial charge < -0.3 is 10.2 Å². The number of hydrogen-bond acceptors (Lipinski definition) is 4. The Labute approximate surface area is 165 Å². The Kier molecular flexibility index (Phi) is 7.08. The van der Waals surface area contributed by atoms with Crippen molar-refractivity contribution in [2.75, 3.05) is 20.6 Å². The first-order valence-corrected chi connectivity index (χ1v) is 10.0. The van der Waals surface area contributed by atoms with Crippen LogP contribution in [-0.2, 0) is 16.6 Å². The van der Waals surface area contributed by atoms with E-state index in [9.17, 15) is 18.0 Å². The Hall–Kier alpha value is -2.97. The number of nitrogens with one attached hydrogen (secondary N) is 2. The van der Waals surface area contributed by atoms with Crippen LogP contribution in [0.3, 0.4) is 0 Å². The Bertz CT molecular complexity index is 952. The van der Waals surface area contributed by atoms with Crippen molar-refractivity contribution in [3.8, 4) is 0 Å². The van der Waals surface area contributed by atoms with E-state index in [1.54, 1.807) is 38.4 Å². The van der Waals surface area contributed by atoms with Gasteiger partial charge in [-0.1, -0.05) is 18.2 Å². The van der Waals surface area contributed by atoms with Crippen molar-refractivity contribution in [1.82, 2.24) is 14.9 Å². The van der Waals surface area contributed by atoms with Crippen LogP contribution < -0.4 is 10.0 Å². The molecule has 8 heteroatoms. The molecule has 0 fully saturated rings. The van der Waals surface area contributed by atoms with Crippen molar-refractivity contribution >= 4 is 21.8 Å². The van der Waals surface area contributed by atoms with Gasteiger partial charge in [-0.05, 0) is 42.0 Å². The number of nitrogens with zero attached hydrogens (tertiary/aromatic N) is 1. The summed E-state index contributed by atoms with van der Waals surface area (Å²) in [6.07, 6.45) is 1.45. The summed E-state index contributed by atoms with van der Waals surface area (Å²) in [6.45, 7) is 3.95. The van der Waals surface area contributed by atoms with Gasteiger partial charge in [-0.15, -0.1) is 6.58 Å². The molecule has 2 aromatic rings. The highest BCUT2D eigenvalue weighted by Crippen LogP contribution is 2.14. The van der Waals surface area contributed by atoms with E-state index >= 15 is 0 Å². The molecule has 28 heavy (non-hydrogen) atoms. The van der Waals surface area contributed by atoms with Crippen molar-refractivity contribution in [2.45, 2.75) is 11.4 Å². The molecular formula is C20H23N3O4S. The van der Waals surface area contributed by atoms with E-state index in [0.717, 1.165) is 5.56 Å². The van der Waals surface area contributed by atoms with E-state index in [4.69, 9.17) is 0 Å². The van der Waals surface area contributed by atoms with Crippen molar-refractivity contribution < 1.29 is 18.0 Å². The summed E-state index contributed by atoms with van der Waals surface area (Å²) in [7, 11) is -0.404. The number of rotatable bonds is 8. The summed E-state index contributed by atoms with van der Waals surface area (Å²) < 4.78 is 26.5. The van der Waals surface area contributed by atoms with Crippen LogP contribution in [0.15, 0.2) is 66.1 Å². The molecule has 2 N–H and O–H groups in total. The van der Waals surface area contributed by atoms with E-state index in [2.05, 4.69) is 16.6 Å². The predicted molar refractivity (Wildman–Crippen MR) is 107 cm³/mol. The smallest absolute Gasteiger partial charge is 0.253 e. The highest BCUT2D eigenvalue weighted by Gasteiger charge is 2.16. The highest BCUT2D eigenvalue weighted by molar-refractivity contribution is 7.89. The second kappa shape index (κ2) is 9.29. The number of hydrogen-bond donors (Lipinski definition) is 2. The van der Waals surface area contributed by atoms with Gasteiger partial charge in [0, 0.05) is 38.3 Å². The van der Waals surface area contributed by atoms with Gasteiger partial charge in [0.15, 0.2) is 0 Å². The molecule has 0 aliphatic heterocycles. The fourth-order valence-corrected chi connectivity index (χ4v) is 3.50. The molecule has 0 aliphatic carbocycles. The van der Waals surface area contributed by atoms with E-state index in [1.165, 1.54) is 35.2 Å². The van der Waals surface area contributed by atoms with Crippen LogP contribution in [0.1, 0.15) is 26.3 Å². The van der Waals surface area contributed by atoms with Gasteiger partial charge >= 0.3 is 0 Å². The van der Waals surface area contributed by atoms with Gasteiger partial charge in [0.2, 0.25) is 10.0 Å². The third kappa shape index (κ3) is 5.28. The summed E-state index contributed by atoms with van der Waals surface area (Å²) in [5.74, 6) is -0.410. The summed E-state index contributed by atoms with van der Waals surface area (Å²) in [4.78, 5) is 25.8. The van der Waals surface area contributed by atoms with Gasteiger partial charge in [0.25, 0.3) is 11.8 Å². The molecule has 0 aliphatic rings. The Morgan fingerprint density at radius 2 is 1.61 bits per heavy atom. The molecule has 0 bridgehead atoms. The Balaban J connectivity index is 2.06. The lowest BCUT2D eigenvalue weighted by Gasteiger charge is -2.18. The lowest BCUT2D eigenvalue weighted by Crippen LogP contribution is -2.27. The third-order valence-electron chi connectivity index (χ3n) is 4.04. The Morgan fingerprint density at radius 3 is 2.14 bits per heavy atom. The molecule has 0 unspecified atom stereocenters. The van der Waals surface area contributed by atoms with Gasteiger partial charge in [0.05, 0.1) is 4.90 Å². The average Bonchev–Trinajstić information content (AvgIpc) is 2.71. The molecule has 0 radical (unpaired) electrons. The van der Waals surface area contributed by atoms with Crippen LogP contribution in [-0.4, -0.2) is 45.8 Å². The van der Waals surface area contributed by atoms with Gasteiger partial charge in [-0.3, -0.25) is 9.59 Å². The predicted octanol–water partition coefficient (Wildman–Crippen LogP) is 1.78. The summed E-state index contributed by atoms with van der Waals surface area (Å²) in [6, 6.07) is 12.7. The fourth-order valence-electron chi connectivity index (χ4n) is 2.50. The maximum absolute atomic E-state index is 12.6. The molecule has 0 saturated carbocycles. The molecule has 0 aromatic heterocycles. The van der Waals surface area contributed by atoms with Crippen LogP contribution >= 0.6 is 0 Å². The molecule has 0 saturated heterocycles. The molecule has 0 atom stereocenters. The molecule has 2 rings (SSSR count). The largest absolute Gasteiger partial charge is 0.355 e. The first-order chi connectivity index (χ1) is 13.3. The number of sulfonamides is 1. The number of carbonyl (C=O) groups is 2. The first kappa shape index (κ1) is 21.3. The highest BCUT2D eigenvalue weighted by atomic mass is 32.2. The van der Waals surface area contributed by atoms with Crippen molar-refractivity contribution in [1.29, 1.82) is 0 Å². The minimum Gasteiger partial charge on any atom is -0.355 e. The van der Waals surface area contributed by atoms with Gasteiger partial charge in [-0.25, -0.2) is 13.1 Å². The van der Waals surface area contributed by atoms with Crippen LogP contribution in [0.5, 0.6) is 0 Å². The molecule has 0 heterocycles. The number of amides is 2. The monoisotopic (exact) mass is 401 g/mol. The van der Waals surface area contributed by atoms with E-state index in [1.807, 2.05) is 0 Å². The quantitative estimate of drug-likeness (QED) is 0.659. The van der Waals surface area contributed by atoms with Crippen LogP contribution in [0.2, 0.25) is 0 Å². The number of carbonyl (C=O) groups excluding carboxylic acids is 2. The van der Waals surface area contributed by atoms with Crippen molar-refractivity contribution in [3.63, 3.8) is 0 Å². The zero-order valence-electron chi connectivity index (χ0n) is 15.8. The van der Waals surface area contributed by atoms with E-state index in [0.29, 0.717) is 17.7 Å².